The van der Waals surface area contributed by atoms with Crippen molar-refractivity contribution in [3.05, 3.63) is 20.3 Å². The number of ketones is 1. The summed E-state index contributed by atoms with van der Waals surface area (Å²) in [4.78, 5) is 13.0. The highest BCUT2D eigenvalue weighted by Gasteiger charge is 2.23. The summed E-state index contributed by atoms with van der Waals surface area (Å²) in [7, 11) is 0. The van der Waals surface area contributed by atoms with Crippen molar-refractivity contribution in [3.8, 4) is 0 Å². The smallest absolute Gasteiger partial charge is 0.175 e. The van der Waals surface area contributed by atoms with Crippen molar-refractivity contribution >= 4 is 33.0 Å². The Morgan fingerprint density at radius 1 is 1.53 bits per heavy atom. The van der Waals surface area contributed by atoms with Crippen LogP contribution < -0.4 is 5.32 Å². The van der Waals surface area contributed by atoms with Gasteiger partial charge < -0.3 is 5.32 Å². The minimum atomic E-state index is 0.233. The molecule has 0 radical (unpaired) electrons. The average Bonchev–Trinajstić information content (AvgIpc) is 2.59. The van der Waals surface area contributed by atoms with Crippen LogP contribution in [-0.2, 0) is 0 Å². The highest BCUT2D eigenvalue weighted by atomic mass is 79.9. The number of thiophene rings is 1. The molecular weight excluding hydrogens is 274 g/mol. The molecule has 1 aromatic heterocycles. The topological polar surface area (TPSA) is 29.1 Å². The molecule has 15 heavy (non-hydrogen) atoms. The van der Waals surface area contributed by atoms with E-state index in [1.165, 1.54) is 0 Å². The summed E-state index contributed by atoms with van der Waals surface area (Å²) in [6.07, 6.45) is 1.96. The number of carbonyl (C=O) groups is 1. The molecule has 1 aliphatic rings. The molecule has 0 bridgehead atoms. The lowest BCUT2D eigenvalue weighted by molar-refractivity contribution is 0.0899. The van der Waals surface area contributed by atoms with Crippen LogP contribution in [0.15, 0.2) is 9.85 Å². The van der Waals surface area contributed by atoms with Gasteiger partial charge in [-0.1, -0.05) is 0 Å². The van der Waals surface area contributed by atoms with Gasteiger partial charge in [-0.05, 0) is 60.4 Å². The van der Waals surface area contributed by atoms with Crippen molar-refractivity contribution in [2.75, 3.05) is 13.1 Å². The van der Waals surface area contributed by atoms with E-state index in [2.05, 4.69) is 21.2 Å². The number of aryl methyl sites for hydroxylation is 1. The number of piperidine rings is 1. The van der Waals surface area contributed by atoms with E-state index in [0.29, 0.717) is 5.78 Å². The highest BCUT2D eigenvalue weighted by molar-refractivity contribution is 9.11. The monoisotopic (exact) mass is 287 g/mol. The molecule has 0 atom stereocenters. The van der Waals surface area contributed by atoms with Crippen molar-refractivity contribution < 1.29 is 4.79 Å². The van der Waals surface area contributed by atoms with E-state index in [1.807, 2.05) is 13.0 Å². The fourth-order valence-electron chi connectivity index (χ4n) is 1.87. The van der Waals surface area contributed by atoms with Gasteiger partial charge in [0.1, 0.15) is 0 Å². The van der Waals surface area contributed by atoms with Crippen LogP contribution in [-0.4, -0.2) is 18.9 Å². The van der Waals surface area contributed by atoms with Crippen LogP contribution in [0, 0.1) is 12.8 Å². The Kier molecular flexibility index (Phi) is 3.59. The zero-order chi connectivity index (χ0) is 10.8. The van der Waals surface area contributed by atoms with E-state index in [-0.39, 0.29) is 5.92 Å². The van der Waals surface area contributed by atoms with E-state index in [4.69, 9.17) is 0 Å². The van der Waals surface area contributed by atoms with Crippen LogP contribution in [0.1, 0.15) is 28.1 Å². The Bertz CT molecular complexity index is 349. The quantitative estimate of drug-likeness (QED) is 0.848. The number of hydrogen-bond donors (Lipinski definition) is 1. The molecule has 1 saturated heterocycles. The zero-order valence-electron chi connectivity index (χ0n) is 8.68. The summed E-state index contributed by atoms with van der Waals surface area (Å²) < 4.78 is 1.08. The van der Waals surface area contributed by atoms with Crippen molar-refractivity contribution in [3.63, 3.8) is 0 Å². The summed E-state index contributed by atoms with van der Waals surface area (Å²) in [5, 5.41) is 3.28. The van der Waals surface area contributed by atoms with Gasteiger partial charge in [0.15, 0.2) is 5.78 Å². The average molecular weight is 288 g/mol. The first kappa shape index (κ1) is 11.3. The summed E-state index contributed by atoms with van der Waals surface area (Å²) >= 11 is 5.03. The standard InChI is InChI=1S/C11H14BrNOS/c1-7-6-9(15-11(7)12)10(14)8-2-4-13-5-3-8/h6,8,13H,2-5H2,1H3. The molecule has 2 nitrogen and oxygen atoms in total. The normalized spacial score (nSPS) is 18.0. The van der Waals surface area contributed by atoms with Crippen LogP contribution in [0.4, 0.5) is 0 Å². The van der Waals surface area contributed by atoms with Gasteiger partial charge in [-0.15, -0.1) is 11.3 Å². The lowest BCUT2D eigenvalue weighted by Gasteiger charge is -2.20. The maximum Gasteiger partial charge on any atom is 0.175 e. The van der Waals surface area contributed by atoms with Crippen molar-refractivity contribution in [2.24, 2.45) is 5.92 Å². The molecule has 1 fully saturated rings. The number of halogens is 1. The van der Waals surface area contributed by atoms with Crippen LogP contribution in [0.2, 0.25) is 0 Å². The molecule has 4 heteroatoms. The molecule has 0 amide bonds. The molecule has 1 aliphatic heterocycles. The summed E-state index contributed by atoms with van der Waals surface area (Å²) in [5.41, 5.74) is 1.16. The number of nitrogens with one attached hydrogen (secondary N) is 1. The zero-order valence-corrected chi connectivity index (χ0v) is 11.1. The van der Waals surface area contributed by atoms with Crippen LogP contribution in [0.5, 0.6) is 0 Å². The predicted octanol–water partition coefficient (Wildman–Crippen LogP) is 3.00. The molecule has 0 aliphatic carbocycles. The van der Waals surface area contributed by atoms with Gasteiger partial charge in [-0.25, -0.2) is 0 Å². The molecule has 82 valence electrons. The van der Waals surface area contributed by atoms with Gasteiger partial charge in [-0.3, -0.25) is 4.79 Å². The Labute approximate surface area is 102 Å². The molecule has 0 aromatic carbocycles. The second-order valence-electron chi connectivity index (χ2n) is 3.96. The van der Waals surface area contributed by atoms with Gasteiger partial charge >= 0.3 is 0 Å². The Morgan fingerprint density at radius 2 is 2.20 bits per heavy atom. The first-order chi connectivity index (χ1) is 7.18. The van der Waals surface area contributed by atoms with E-state index in [9.17, 15) is 4.79 Å². The van der Waals surface area contributed by atoms with Gasteiger partial charge in [0, 0.05) is 5.92 Å². The summed E-state index contributed by atoms with van der Waals surface area (Å²) in [5.74, 6) is 0.562. The SMILES string of the molecule is Cc1cc(C(=O)C2CCNCC2)sc1Br. The maximum atomic E-state index is 12.1. The summed E-state index contributed by atoms with van der Waals surface area (Å²) in [6.45, 7) is 3.98. The van der Waals surface area contributed by atoms with Crippen LogP contribution in [0.3, 0.4) is 0 Å². The number of rotatable bonds is 2. The van der Waals surface area contributed by atoms with Crippen LogP contribution in [0.25, 0.3) is 0 Å². The first-order valence-electron chi connectivity index (χ1n) is 5.19. The first-order valence-corrected chi connectivity index (χ1v) is 6.80. The summed E-state index contributed by atoms with van der Waals surface area (Å²) in [6, 6.07) is 2.00. The van der Waals surface area contributed by atoms with E-state index < -0.39 is 0 Å². The maximum absolute atomic E-state index is 12.1. The predicted molar refractivity (Wildman–Crippen MR) is 66.7 cm³/mol. The second kappa shape index (κ2) is 4.76. The Balaban J connectivity index is 2.12. The van der Waals surface area contributed by atoms with Crippen molar-refractivity contribution in [1.29, 1.82) is 0 Å². The molecule has 2 rings (SSSR count). The molecular formula is C11H14BrNOS. The molecule has 2 heterocycles. The van der Waals surface area contributed by atoms with Gasteiger partial charge in [0.2, 0.25) is 0 Å². The third-order valence-electron chi connectivity index (χ3n) is 2.81. The van der Waals surface area contributed by atoms with E-state index in [0.717, 1.165) is 40.2 Å². The van der Waals surface area contributed by atoms with Gasteiger partial charge in [0.25, 0.3) is 0 Å². The third kappa shape index (κ3) is 2.49. The number of carbonyl (C=O) groups excluding carboxylic acids is 1. The largest absolute Gasteiger partial charge is 0.317 e. The molecule has 0 saturated carbocycles. The Morgan fingerprint density at radius 3 is 2.73 bits per heavy atom. The molecule has 1 N–H and O–H groups in total. The molecule has 0 spiro atoms. The van der Waals surface area contributed by atoms with Gasteiger partial charge in [-0.2, -0.15) is 0 Å². The van der Waals surface area contributed by atoms with Crippen molar-refractivity contribution in [1.82, 2.24) is 5.32 Å². The lowest BCUT2D eigenvalue weighted by Crippen LogP contribution is -2.31. The van der Waals surface area contributed by atoms with E-state index >= 15 is 0 Å². The second-order valence-corrected chi connectivity index (χ2v) is 6.33. The Hall–Kier alpha value is -0.190. The molecule has 0 unspecified atom stereocenters. The van der Waals surface area contributed by atoms with Gasteiger partial charge in [0.05, 0.1) is 8.66 Å². The third-order valence-corrected chi connectivity index (χ3v) is 4.96. The minimum Gasteiger partial charge on any atom is -0.317 e. The minimum absolute atomic E-state index is 0.233. The van der Waals surface area contributed by atoms with Crippen LogP contribution >= 0.6 is 27.3 Å². The fourth-order valence-corrected chi connectivity index (χ4v) is 3.42. The fraction of sp³-hybridized carbons (Fsp3) is 0.545. The van der Waals surface area contributed by atoms with Crippen molar-refractivity contribution in [2.45, 2.75) is 19.8 Å². The van der Waals surface area contributed by atoms with E-state index in [1.54, 1.807) is 11.3 Å². The number of Topliss-reactive ketones (excluding diaryl/α,β-unsaturated/α-hetero) is 1. The molecule has 1 aromatic rings. The highest BCUT2D eigenvalue weighted by Crippen LogP contribution is 2.30. The lowest BCUT2D eigenvalue weighted by atomic mass is 9.93. The number of hydrogen-bond acceptors (Lipinski definition) is 3.